The number of nitrogens with zero attached hydrogens (tertiary/aromatic N) is 1. The quantitative estimate of drug-likeness (QED) is 0.931. The lowest BCUT2D eigenvalue weighted by Gasteiger charge is -2.21. The van der Waals surface area contributed by atoms with E-state index in [0.717, 1.165) is 19.0 Å². The van der Waals surface area contributed by atoms with E-state index in [1.807, 2.05) is 0 Å². The molecule has 4 nitrogen and oxygen atoms in total. The van der Waals surface area contributed by atoms with Crippen LogP contribution in [0.3, 0.4) is 0 Å². The molecule has 1 amide bonds. The van der Waals surface area contributed by atoms with Crippen molar-refractivity contribution < 1.29 is 22.7 Å². The van der Waals surface area contributed by atoms with Gasteiger partial charge in [0.15, 0.2) is 0 Å². The third-order valence-corrected chi connectivity index (χ3v) is 4.18. The van der Waals surface area contributed by atoms with Crippen LogP contribution in [0.2, 0.25) is 0 Å². The molecule has 1 aliphatic heterocycles. The summed E-state index contributed by atoms with van der Waals surface area (Å²) >= 11 is 0. The van der Waals surface area contributed by atoms with Crippen molar-refractivity contribution in [1.82, 2.24) is 10.3 Å². The summed E-state index contributed by atoms with van der Waals surface area (Å²) in [7, 11) is 0. The highest BCUT2D eigenvalue weighted by Gasteiger charge is 2.38. The maximum Gasteiger partial charge on any atom is 0.417 e. The molecule has 2 atom stereocenters. The highest BCUT2D eigenvalue weighted by atomic mass is 19.4. The van der Waals surface area contributed by atoms with Crippen LogP contribution < -0.4 is 5.32 Å². The van der Waals surface area contributed by atoms with Gasteiger partial charge < -0.3 is 10.1 Å². The van der Waals surface area contributed by atoms with E-state index in [-0.39, 0.29) is 23.0 Å². The largest absolute Gasteiger partial charge is 0.417 e. The van der Waals surface area contributed by atoms with Crippen LogP contribution in [0.4, 0.5) is 13.2 Å². The third kappa shape index (κ3) is 3.21. The van der Waals surface area contributed by atoms with Gasteiger partial charge in [-0.25, -0.2) is 0 Å². The number of aromatic nitrogens is 1. The molecular formula is C17H17F3N2O2. The Kier molecular flexibility index (Phi) is 4.45. The second-order valence-electron chi connectivity index (χ2n) is 5.88. The van der Waals surface area contributed by atoms with Crippen molar-refractivity contribution in [2.45, 2.75) is 38.1 Å². The molecule has 1 saturated heterocycles. The normalized spacial score (nSPS) is 19.4. The first kappa shape index (κ1) is 16.7. The Morgan fingerprint density at radius 3 is 2.79 bits per heavy atom. The number of hydrogen-bond acceptors (Lipinski definition) is 3. The Balaban J connectivity index is 1.97. The number of para-hydroxylation sites is 1. The number of alkyl halides is 3. The number of halogens is 3. The van der Waals surface area contributed by atoms with E-state index in [1.165, 1.54) is 18.2 Å². The molecule has 2 aromatic rings. The average Bonchev–Trinajstić information content (AvgIpc) is 3.07. The number of rotatable bonds is 3. The maximum absolute atomic E-state index is 13.5. The molecule has 0 bridgehead atoms. The zero-order chi connectivity index (χ0) is 17.3. The Bertz CT molecular complexity index is 755. The number of benzene rings is 1. The average molecular weight is 338 g/mol. The van der Waals surface area contributed by atoms with Gasteiger partial charge in [-0.1, -0.05) is 18.2 Å². The molecular weight excluding hydrogens is 321 g/mol. The second-order valence-corrected chi connectivity index (χ2v) is 5.88. The van der Waals surface area contributed by atoms with Gasteiger partial charge in [0.1, 0.15) is 0 Å². The molecule has 2 heterocycles. The third-order valence-electron chi connectivity index (χ3n) is 4.18. The summed E-state index contributed by atoms with van der Waals surface area (Å²) in [5.41, 5.74) is -1.22. The van der Waals surface area contributed by atoms with Crippen molar-refractivity contribution in [3.63, 3.8) is 0 Å². The van der Waals surface area contributed by atoms with Gasteiger partial charge in [0.05, 0.1) is 28.8 Å². The van der Waals surface area contributed by atoms with Crippen LogP contribution in [-0.4, -0.2) is 29.6 Å². The van der Waals surface area contributed by atoms with E-state index in [4.69, 9.17) is 4.74 Å². The maximum atomic E-state index is 13.5. The number of fused-ring (bicyclic) bond motifs is 1. The summed E-state index contributed by atoms with van der Waals surface area (Å²) in [5.74, 6) is -0.788. The van der Waals surface area contributed by atoms with Crippen molar-refractivity contribution >= 4 is 16.8 Å². The van der Waals surface area contributed by atoms with E-state index in [1.54, 1.807) is 13.0 Å². The topological polar surface area (TPSA) is 51.2 Å². The Hall–Kier alpha value is -2.15. The fourth-order valence-electron chi connectivity index (χ4n) is 2.99. The lowest BCUT2D eigenvalue weighted by atomic mass is 10.0. The van der Waals surface area contributed by atoms with Gasteiger partial charge in [0.2, 0.25) is 0 Å². The van der Waals surface area contributed by atoms with Crippen LogP contribution in [-0.2, 0) is 10.9 Å². The minimum absolute atomic E-state index is 0.0811. The predicted molar refractivity (Wildman–Crippen MR) is 82.6 cm³/mol. The van der Waals surface area contributed by atoms with Crippen LogP contribution in [0.5, 0.6) is 0 Å². The van der Waals surface area contributed by atoms with E-state index < -0.39 is 23.2 Å². The minimum atomic E-state index is -4.65. The van der Waals surface area contributed by atoms with Gasteiger partial charge >= 0.3 is 6.18 Å². The number of carbonyl (C=O) groups excluding carboxylic acids is 1. The number of carbonyl (C=O) groups is 1. The molecule has 1 aliphatic rings. The van der Waals surface area contributed by atoms with Crippen LogP contribution in [0.15, 0.2) is 30.5 Å². The van der Waals surface area contributed by atoms with Gasteiger partial charge in [-0.3, -0.25) is 9.78 Å². The molecule has 0 saturated carbocycles. The van der Waals surface area contributed by atoms with Crippen molar-refractivity contribution in [2.75, 3.05) is 6.61 Å². The SMILES string of the molecule is CC(NC(=O)c1cnc2ccccc2c1C(F)(F)F)C1CCCO1. The predicted octanol–water partition coefficient (Wildman–Crippen LogP) is 3.55. The van der Waals surface area contributed by atoms with Gasteiger partial charge in [-0.05, 0) is 25.8 Å². The summed E-state index contributed by atoms with van der Waals surface area (Å²) in [5, 5.41) is 2.53. The molecule has 24 heavy (non-hydrogen) atoms. The summed E-state index contributed by atoms with van der Waals surface area (Å²) in [6.07, 6.45) is -2.16. The molecule has 1 aromatic carbocycles. The van der Waals surface area contributed by atoms with Gasteiger partial charge in [0, 0.05) is 18.2 Å². The molecule has 0 spiro atoms. The molecule has 7 heteroatoms. The fourth-order valence-corrected chi connectivity index (χ4v) is 2.99. The lowest BCUT2D eigenvalue weighted by molar-refractivity contribution is -0.136. The van der Waals surface area contributed by atoms with E-state index >= 15 is 0 Å². The summed E-state index contributed by atoms with van der Waals surface area (Å²) in [6.45, 7) is 2.34. The number of hydrogen-bond donors (Lipinski definition) is 1. The van der Waals surface area contributed by atoms with Crippen molar-refractivity contribution in [2.24, 2.45) is 0 Å². The molecule has 0 radical (unpaired) electrons. The van der Waals surface area contributed by atoms with Crippen LogP contribution in [0.1, 0.15) is 35.7 Å². The smallest absolute Gasteiger partial charge is 0.376 e. The lowest BCUT2D eigenvalue weighted by Crippen LogP contribution is -2.41. The Labute approximate surface area is 137 Å². The monoisotopic (exact) mass is 338 g/mol. The summed E-state index contributed by atoms with van der Waals surface area (Å²) in [6, 6.07) is 5.55. The molecule has 3 rings (SSSR count). The molecule has 1 aromatic heterocycles. The zero-order valence-corrected chi connectivity index (χ0v) is 13.1. The Morgan fingerprint density at radius 1 is 1.38 bits per heavy atom. The summed E-state index contributed by atoms with van der Waals surface area (Å²) in [4.78, 5) is 16.4. The zero-order valence-electron chi connectivity index (χ0n) is 13.1. The number of nitrogens with one attached hydrogen (secondary N) is 1. The number of pyridine rings is 1. The van der Waals surface area contributed by atoms with Crippen molar-refractivity contribution in [3.05, 3.63) is 41.6 Å². The highest BCUT2D eigenvalue weighted by molar-refractivity contribution is 6.00. The first-order valence-electron chi connectivity index (χ1n) is 7.75. The molecule has 2 unspecified atom stereocenters. The fraction of sp³-hybridized carbons (Fsp3) is 0.412. The van der Waals surface area contributed by atoms with Gasteiger partial charge in [-0.15, -0.1) is 0 Å². The summed E-state index contributed by atoms with van der Waals surface area (Å²) < 4.78 is 46.1. The molecule has 1 N–H and O–H groups in total. The standard InChI is InChI=1S/C17H17F3N2O2/c1-10(14-7-4-8-24-14)22-16(23)12-9-21-13-6-3-2-5-11(13)15(12)17(18,19)20/h2-3,5-6,9-10,14H,4,7-8H2,1H3,(H,22,23). The van der Waals surface area contributed by atoms with E-state index in [0.29, 0.717) is 6.61 Å². The molecule has 0 aliphatic carbocycles. The highest BCUT2D eigenvalue weighted by Crippen LogP contribution is 2.36. The van der Waals surface area contributed by atoms with Crippen LogP contribution >= 0.6 is 0 Å². The number of amides is 1. The molecule has 1 fully saturated rings. The van der Waals surface area contributed by atoms with Gasteiger partial charge in [0.25, 0.3) is 5.91 Å². The van der Waals surface area contributed by atoms with Crippen LogP contribution in [0, 0.1) is 0 Å². The first-order valence-corrected chi connectivity index (χ1v) is 7.75. The minimum Gasteiger partial charge on any atom is -0.376 e. The number of ether oxygens (including phenoxy) is 1. The van der Waals surface area contributed by atoms with Crippen LogP contribution in [0.25, 0.3) is 10.9 Å². The Morgan fingerprint density at radius 2 is 2.12 bits per heavy atom. The van der Waals surface area contributed by atoms with E-state index in [2.05, 4.69) is 10.3 Å². The molecule has 128 valence electrons. The first-order chi connectivity index (χ1) is 11.4. The van der Waals surface area contributed by atoms with Crippen molar-refractivity contribution in [3.8, 4) is 0 Å². The van der Waals surface area contributed by atoms with Gasteiger partial charge in [-0.2, -0.15) is 13.2 Å². The van der Waals surface area contributed by atoms with Crippen molar-refractivity contribution in [1.29, 1.82) is 0 Å². The second kappa shape index (κ2) is 6.39. The van der Waals surface area contributed by atoms with E-state index in [9.17, 15) is 18.0 Å².